The van der Waals surface area contributed by atoms with Crippen molar-refractivity contribution in [3.63, 3.8) is 0 Å². The molecule has 0 saturated carbocycles. The molecule has 9 heteroatoms. The molecule has 26 heavy (non-hydrogen) atoms. The molecule has 3 N–H and O–H groups in total. The number of aromatic nitrogens is 3. The zero-order valence-electron chi connectivity index (χ0n) is 15.0. The summed E-state index contributed by atoms with van der Waals surface area (Å²) in [5, 5.41) is 5.89. The van der Waals surface area contributed by atoms with E-state index in [9.17, 15) is 9.59 Å². The quantitative estimate of drug-likeness (QED) is 0.654. The zero-order chi connectivity index (χ0) is 17.5. The van der Waals surface area contributed by atoms with E-state index >= 15 is 0 Å². The van der Waals surface area contributed by atoms with Crippen molar-refractivity contribution in [1.29, 1.82) is 0 Å². The Balaban J connectivity index is 0.00000312. The van der Waals surface area contributed by atoms with Crippen molar-refractivity contribution >= 4 is 30.7 Å². The summed E-state index contributed by atoms with van der Waals surface area (Å²) >= 11 is 0. The number of hydrogen-bond donors (Lipinski definition) is 3. The second-order valence-corrected chi connectivity index (χ2v) is 5.71. The lowest BCUT2D eigenvalue weighted by molar-refractivity contribution is -0.121. The Labute approximate surface area is 165 Å². The smallest absolute Gasteiger partial charge is 0.254 e. The number of aromatic amines is 1. The van der Waals surface area contributed by atoms with E-state index in [1.54, 1.807) is 25.4 Å². The van der Waals surface area contributed by atoms with Crippen LogP contribution >= 0.6 is 24.8 Å². The molecule has 1 unspecified atom stereocenters. The topological polar surface area (TPSA) is 99.8 Å². The van der Waals surface area contributed by atoms with E-state index in [4.69, 9.17) is 0 Å². The second kappa shape index (κ2) is 11.6. The molecule has 0 aliphatic carbocycles. The molecule has 0 aliphatic rings. The van der Waals surface area contributed by atoms with Gasteiger partial charge in [0.1, 0.15) is 5.82 Å². The normalized spacial score (nSPS) is 11.0. The van der Waals surface area contributed by atoms with Crippen molar-refractivity contribution in [2.45, 2.75) is 32.7 Å². The maximum atomic E-state index is 12.3. The minimum absolute atomic E-state index is 0. The Hall–Kier alpha value is -1.96. The molecule has 2 rings (SSSR count). The van der Waals surface area contributed by atoms with Crippen LogP contribution in [0.4, 0.5) is 0 Å². The molecule has 1 amide bonds. The summed E-state index contributed by atoms with van der Waals surface area (Å²) in [5.74, 6) is 0.411. The summed E-state index contributed by atoms with van der Waals surface area (Å²) in [6, 6.07) is 3.83. The lowest BCUT2D eigenvalue weighted by Gasteiger charge is -2.11. The van der Waals surface area contributed by atoms with Crippen LogP contribution in [0.15, 0.2) is 29.3 Å². The first-order chi connectivity index (χ1) is 11.5. The van der Waals surface area contributed by atoms with Gasteiger partial charge in [0.15, 0.2) is 0 Å². The fourth-order valence-electron chi connectivity index (χ4n) is 2.24. The Morgan fingerprint density at radius 2 is 2.08 bits per heavy atom. The summed E-state index contributed by atoms with van der Waals surface area (Å²) in [5.41, 5.74) is 1.72. The lowest BCUT2D eigenvalue weighted by Crippen LogP contribution is -2.37. The lowest BCUT2D eigenvalue weighted by atomic mass is 10.1. The van der Waals surface area contributed by atoms with E-state index in [2.05, 4.69) is 25.6 Å². The van der Waals surface area contributed by atoms with Crippen molar-refractivity contribution in [2.75, 3.05) is 13.6 Å². The first-order valence-corrected chi connectivity index (χ1v) is 7.95. The molecule has 0 aromatic carbocycles. The van der Waals surface area contributed by atoms with Crippen LogP contribution in [0.2, 0.25) is 0 Å². The van der Waals surface area contributed by atoms with Crippen LogP contribution in [0.5, 0.6) is 0 Å². The fraction of sp³-hybridized carbons (Fsp3) is 0.412. The van der Waals surface area contributed by atoms with Gasteiger partial charge in [-0.25, -0.2) is 4.98 Å². The van der Waals surface area contributed by atoms with E-state index in [1.807, 2.05) is 20.0 Å². The molecule has 0 saturated heterocycles. The van der Waals surface area contributed by atoms with Crippen molar-refractivity contribution < 1.29 is 4.79 Å². The van der Waals surface area contributed by atoms with Crippen LogP contribution in [0.25, 0.3) is 11.4 Å². The molecule has 2 aromatic heterocycles. The number of carbonyl (C=O) groups is 1. The third-order valence-electron chi connectivity index (χ3n) is 3.86. The molecule has 2 heterocycles. The van der Waals surface area contributed by atoms with Crippen molar-refractivity contribution in [3.05, 3.63) is 46.1 Å². The van der Waals surface area contributed by atoms with Crippen molar-refractivity contribution in [2.24, 2.45) is 0 Å². The van der Waals surface area contributed by atoms with Gasteiger partial charge in [-0.1, -0.05) is 0 Å². The van der Waals surface area contributed by atoms with Gasteiger partial charge in [-0.05, 0) is 39.4 Å². The van der Waals surface area contributed by atoms with E-state index in [0.717, 1.165) is 5.56 Å². The number of likely N-dealkylation sites (N-methyl/N-ethyl adjacent to an activating group) is 1. The standard InChI is InChI=1S/C17H23N5O2.2ClH/c1-11(18-3)9-20-15(23)7-6-14-12(2)21-16(22-17(14)24)13-5-4-8-19-10-13;;/h4-5,8,10-11,18H,6-7,9H2,1-3H3,(H,20,23)(H,21,22,24);2*1H. The highest BCUT2D eigenvalue weighted by atomic mass is 35.5. The minimum Gasteiger partial charge on any atom is -0.355 e. The summed E-state index contributed by atoms with van der Waals surface area (Å²) in [6.07, 6.45) is 3.93. The third-order valence-corrected chi connectivity index (χ3v) is 3.86. The SMILES string of the molecule is CNC(C)CNC(=O)CCc1c(C)nc(-c2cccnc2)[nH]c1=O.Cl.Cl. The van der Waals surface area contributed by atoms with Crippen molar-refractivity contribution in [1.82, 2.24) is 25.6 Å². The monoisotopic (exact) mass is 401 g/mol. The van der Waals surface area contributed by atoms with Gasteiger partial charge >= 0.3 is 0 Å². The van der Waals surface area contributed by atoms with Gasteiger partial charge in [-0.15, -0.1) is 24.8 Å². The molecule has 1 atom stereocenters. The number of carbonyl (C=O) groups excluding carboxylic acids is 1. The van der Waals surface area contributed by atoms with Gasteiger partial charge < -0.3 is 15.6 Å². The molecule has 144 valence electrons. The van der Waals surface area contributed by atoms with Crippen molar-refractivity contribution in [3.8, 4) is 11.4 Å². The first kappa shape index (κ1) is 24.0. The molecule has 0 fully saturated rings. The number of halogens is 2. The van der Waals surface area contributed by atoms with Gasteiger partial charge in [0.2, 0.25) is 5.91 Å². The first-order valence-electron chi connectivity index (χ1n) is 7.95. The average Bonchev–Trinajstić information content (AvgIpc) is 2.59. The summed E-state index contributed by atoms with van der Waals surface area (Å²) in [6.45, 7) is 4.32. The minimum atomic E-state index is -0.210. The van der Waals surface area contributed by atoms with Crippen LogP contribution in [-0.2, 0) is 11.2 Å². The third kappa shape index (κ3) is 6.74. The molecule has 0 radical (unpaired) electrons. The zero-order valence-corrected chi connectivity index (χ0v) is 16.7. The number of hydrogen-bond acceptors (Lipinski definition) is 5. The van der Waals surface area contributed by atoms with E-state index in [1.165, 1.54) is 0 Å². The molecule has 0 bridgehead atoms. The van der Waals surface area contributed by atoms with Crippen LogP contribution < -0.4 is 16.2 Å². The van der Waals surface area contributed by atoms with Crippen LogP contribution in [0.1, 0.15) is 24.6 Å². The number of H-pyrrole nitrogens is 1. The van der Waals surface area contributed by atoms with Gasteiger partial charge in [-0.3, -0.25) is 14.6 Å². The molecule has 0 aliphatic heterocycles. The summed E-state index contributed by atoms with van der Waals surface area (Å²) in [4.78, 5) is 35.4. The van der Waals surface area contributed by atoms with Gasteiger partial charge in [0, 0.05) is 48.2 Å². The molecule has 0 spiro atoms. The number of nitrogens with zero attached hydrogens (tertiary/aromatic N) is 2. The van der Waals surface area contributed by atoms with Gasteiger partial charge in [0.25, 0.3) is 5.56 Å². The predicted molar refractivity (Wildman–Crippen MR) is 107 cm³/mol. The predicted octanol–water partition coefficient (Wildman–Crippen LogP) is 1.64. The van der Waals surface area contributed by atoms with Gasteiger partial charge in [0.05, 0.1) is 0 Å². The maximum Gasteiger partial charge on any atom is 0.254 e. The van der Waals surface area contributed by atoms with Crippen LogP contribution in [0, 0.1) is 6.92 Å². The Bertz CT molecular complexity index is 753. The average molecular weight is 402 g/mol. The van der Waals surface area contributed by atoms with Gasteiger partial charge in [-0.2, -0.15) is 0 Å². The largest absolute Gasteiger partial charge is 0.355 e. The highest BCUT2D eigenvalue weighted by Gasteiger charge is 2.12. The fourth-order valence-corrected chi connectivity index (χ4v) is 2.24. The second-order valence-electron chi connectivity index (χ2n) is 5.71. The summed E-state index contributed by atoms with van der Waals surface area (Å²) < 4.78 is 0. The van der Waals surface area contributed by atoms with Crippen LogP contribution in [0.3, 0.4) is 0 Å². The number of pyridine rings is 1. The van der Waals surface area contributed by atoms with E-state index in [0.29, 0.717) is 30.0 Å². The maximum absolute atomic E-state index is 12.3. The molecular formula is C17H25Cl2N5O2. The molecule has 2 aromatic rings. The number of rotatable bonds is 7. The number of aryl methyl sites for hydroxylation is 1. The number of nitrogens with one attached hydrogen (secondary N) is 3. The van der Waals surface area contributed by atoms with E-state index < -0.39 is 0 Å². The van der Waals surface area contributed by atoms with Crippen LogP contribution in [-0.4, -0.2) is 40.5 Å². The number of amides is 1. The Kier molecular flexibility index (Phi) is 10.7. The Morgan fingerprint density at radius 1 is 1.35 bits per heavy atom. The molecular weight excluding hydrogens is 377 g/mol. The Morgan fingerprint density at radius 3 is 2.65 bits per heavy atom. The van der Waals surface area contributed by atoms with E-state index in [-0.39, 0.29) is 48.7 Å². The highest BCUT2D eigenvalue weighted by Crippen LogP contribution is 2.13. The highest BCUT2D eigenvalue weighted by molar-refractivity contribution is 5.85. The summed E-state index contributed by atoms with van der Waals surface area (Å²) in [7, 11) is 1.84. The molecule has 7 nitrogen and oxygen atoms in total.